The van der Waals surface area contributed by atoms with Gasteiger partial charge in [0.15, 0.2) is 25.8 Å². The summed E-state index contributed by atoms with van der Waals surface area (Å²) in [7, 11) is -4.19. The summed E-state index contributed by atoms with van der Waals surface area (Å²) in [5.74, 6) is -3.56. The lowest BCUT2D eigenvalue weighted by molar-refractivity contribution is -0.342. The Morgan fingerprint density at radius 2 is 1.65 bits per heavy atom. The molecule has 1 aromatic rings. The number of carbonyl (C=O) groups is 4. The van der Waals surface area contributed by atoms with E-state index in [0.717, 1.165) is 18.1 Å². The first-order valence-corrected chi connectivity index (χ1v) is 24.0. The highest BCUT2D eigenvalue weighted by molar-refractivity contribution is 6.73. The number of hydrogen-bond acceptors (Lipinski definition) is 11. The highest BCUT2D eigenvalue weighted by Gasteiger charge is 2.79. The van der Waals surface area contributed by atoms with E-state index >= 15 is 4.79 Å². The third kappa shape index (κ3) is 6.58. The minimum atomic E-state index is -2.49. The zero-order chi connectivity index (χ0) is 40.0. The summed E-state index contributed by atoms with van der Waals surface area (Å²) in [5, 5.41) is 4.21. The van der Waals surface area contributed by atoms with Crippen LogP contribution in [0, 0.1) is 16.7 Å². The number of fused-ring (bicyclic) bond motifs is 5. The van der Waals surface area contributed by atoms with E-state index in [0.29, 0.717) is 11.1 Å². The molecule has 1 aromatic carbocycles. The van der Waals surface area contributed by atoms with E-state index in [2.05, 4.69) is 30.8 Å². The molecule has 3 fully saturated rings. The van der Waals surface area contributed by atoms with Gasteiger partial charge in [-0.2, -0.15) is 0 Å². The Morgan fingerprint density at radius 1 is 1.02 bits per heavy atom. The highest BCUT2D eigenvalue weighted by Crippen LogP contribution is 2.66. The highest BCUT2D eigenvalue weighted by atomic mass is 28.4. The number of hydrogen-bond donors (Lipinski definition) is 0. The predicted molar refractivity (Wildman–Crippen MR) is 204 cm³/mol. The van der Waals surface area contributed by atoms with Crippen molar-refractivity contribution in [2.75, 3.05) is 6.61 Å². The van der Waals surface area contributed by atoms with Gasteiger partial charge in [0, 0.05) is 30.6 Å². The van der Waals surface area contributed by atoms with Crippen LogP contribution in [0.5, 0.6) is 0 Å². The van der Waals surface area contributed by atoms with E-state index in [1.807, 2.05) is 26.9 Å². The molecule has 9 atom stereocenters. The second kappa shape index (κ2) is 15.3. The van der Waals surface area contributed by atoms with Crippen molar-refractivity contribution in [1.82, 2.24) is 0 Å². The maximum Gasteiger partial charge on any atom is 0.338 e. The number of esters is 3. The molecule has 1 radical (unpaired) electrons. The fourth-order valence-electron chi connectivity index (χ4n) is 10.1. The normalized spacial score (nSPS) is 34.3. The van der Waals surface area contributed by atoms with E-state index in [1.54, 1.807) is 44.2 Å². The smallest absolute Gasteiger partial charge is 0.338 e. The molecule has 3 aliphatic carbocycles. The van der Waals surface area contributed by atoms with Crippen LogP contribution in [0.4, 0.5) is 0 Å². The molecule has 1 heterocycles. The number of benzene rings is 1. The van der Waals surface area contributed by atoms with Crippen molar-refractivity contribution in [2.24, 2.45) is 21.9 Å². The van der Waals surface area contributed by atoms with Crippen molar-refractivity contribution in [1.29, 1.82) is 0 Å². The Labute approximate surface area is 321 Å². The van der Waals surface area contributed by atoms with Gasteiger partial charge in [0.05, 0.1) is 35.6 Å². The van der Waals surface area contributed by atoms with Gasteiger partial charge in [-0.15, -0.1) is 0 Å². The lowest BCUT2D eigenvalue weighted by Crippen LogP contribution is -2.82. The topological polar surface area (TPSA) is 172 Å². The van der Waals surface area contributed by atoms with Crippen LogP contribution in [0.25, 0.3) is 10.4 Å². The first-order chi connectivity index (χ1) is 25.3. The largest absolute Gasteiger partial charge is 0.455 e. The SMILES string of the molecule is CC[Si](CC)(CC)O[C@H]1C[C@H]2OC[C@@]2(OC(C)=O)[C@H]2[C@H](OC(=O)c3ccccc3)[C@]3(O[Si](C)C)C[C@H](N=[N+]=[N-])C(C)=C([C@@H](OC(C)=O)C(=O)[C@]12C)C3(C)C. The second-order valence-corrected chi connectivity index (χ2v) is 23.0. The number of ether oxygens (including phenoxy) is 4. The van der Waals surface area contributed by atoms with Crippen LogP contribution in [-0.2, 0) is 42.2 Å². The van der Waals surface area contributed by atoms with Gasteiger partial charge in [-0.05, 0) is 74.7 Å². The summed E-state index contributed by atoms with van der Waals surface area (Å²) in [6, 6.07) is 10.0. The van der Waals surface area contributed by atoms with Gasteiger partial charge >= 0.3 is 17.9 Å². The van der Waals surface area contributed by atoms with Crippen LogP contribution in [0.15, 0.2) is 46.6 Å². The molecule has 0 spiro atoms. The number of rotatable bonds is 12. The molecule has 0 aromatic heterocycles. The third-order valence-corrected chi connectivity index (χ3v) is 18.5. The average molecular weight is 783 g/mol. The molecule has 2 saturated carbocycles. The van der Waals surface area contributed by atoms with Gasteiger partial charge < -0.3 is 27.8 Å². The molecule has 5 rings (SSSR count). The lowest BCUT2D eigenvalue weighted by atomic mass is 9.44. The van der Waals surface area contributed by atoms with Crippen molar-refractivity contribution in [3.05, 3.63) is 57.5 Å². The molecule has 15 heteroatoms. The minimum absolute atomic E-state index is 0.0559. The molecule has 295 valence electrons. The van der Waals surface area contributed by atoms with Crippen LogP contribution in [0.3, 0.4) is 0 Å². The maximum absolute atomic E-state index is 16.0. The van der Waals surface area contributed by atoms with Crippen LogP contribution in [-0.4, -0.2) is 89.3 Å². The van der Waals surface area contributed by atoms with Crippen molar-refractivity contribution >= 4 is 41.0 Å². The molecule has 54 heavy (non-hydrogen) atoms. The van der Waals surface area contributed by atoms with Gasteiger partial charge in [-0.25, -0.2) is 4.79 Å². The number of ketones is 1. The number of carbonyl (C=O) groups excluding carboxylic acids is 4. The Kier molecular flexibility index (Phi) is 11.9. The van der Waals surface area contributed by atoms with E-state index in [1.165, 1.54) is 13.8 Å². The van der Waals surface area contributed by atoms with Gasteiger partial charge in [-0.1, -0.05) is 63.5 Å². The summed E-state index contributed by atoms with van der Waals surface area (Å²) in [5.41, 5.74) is 5.36. The van der Waals surface area contributed by atoms with Crippen LogP contribution in [0.2, 0.25) is 31.2 Å². The van der Waals surface area contributed by atoms with Crippen LogP contribution in [0.1, 0.15) is 85.5 Å². The molecule has 1 aliphatic heterocycles. The first kappa shape index (κ1) is 41.8. The molecule has 4 aliphatic rings. The first-order valence-electron chi connectivity index (χ1n) is 19.1. The van der Waals surface area contributed by atoms with Gasteiger partial charge in [0.25, 0.3) is 0 Å². The van der Waals surface area contributed by atoms with Crippen molar-refractivity contribution < 1.29 is 47.0 Å². The molecule has 0 amide bonds. The average Bonchev–Trinajstić information content (AvgIpc) is 3.10. The molecule has 13 nitrogen and oxygen atoms in total. The summed E-state index contributed by atoms with van der Waals surface area (Å²) in [6.45, 7) is 20.1. The summed E-state index contributed by atoms with van der Waals surface area (Å²) in [6.07, 6.45) is -4.03. The van der Waals surface area contributed by atoms with Crippen LogP contribution >= 0.6 is 0 Å². The molecule has 0 unspecified atom stereocenters. The third-order valence-electron chi connectivity index (χ3n) is 13.0. The second-order valence-electron chi connectivity index (χ2n) is 16.3. The fourth-order valence-corrected chi connectivity index (χ4v) is 14.2. The summed E-state index contributed by atoms with van der Waals surface area (Å²) >= 11 is 0. The maximum atomic E-state index is 16.0. The zero-order valence-electron chi connectivity index (χ0n) is 33.5. The lowest BCUT2D eigenvalue weighted by Gasteiger charge is -2.69. The van der Waals surface area contributed by atoms with E-state index < -0.39 is 99.5 Å². The molecule has 1 saturated heterocycles. The Bertz CT molecular complexity index is 1720. The fraction of sp³-hybridized carbons (Fsp3) is 0.692. The molecule has 0 N–H and O–H groups in total. The summed E-state index contributed by atoms with van der Waals surface area (Å²) in [4.78, 5) is 60.2. The number of azide groups is 1. The van der Waals surface area contributed by atoms with Gasteiger partial charge in [0.1, 0.15) is 17.8 Å². The number of Topliss-reactive ketones (excluding diaryl/α,β-unsaturated/α-hetero) is 1. The Morgan fingerprint density at radius 3 is 2.15 bits per heavy atom. The number of nitrogens with zero attached hydrogens (tertiary/aromatic N) is 3. The van der Waals surface area contributed by atoms with Crippen molar-refractivity contribution in [2.45, 2.75) is 148 Å². The quantitative estimate of drug-likeness (QED) is 0.0399. The van der Waals surface area contributed by atoms with E-state index in [-0.39, 0.29) is 25.0 Å². The van der Waals surface area contributed by atoms with Crippen molar-refractivity contribution in [3.63, 3.8) is 0 Å². The zero-order valence-corrected chi connectivity index (χ0v) is 35.5. The standard InChI is InChI=1S/C39H56N3O10Si2/c1-12-54(13-2,14-3)51-28-20-29-38(22-47-29,50-25(6)44)32-34(49-35(46)26-18-16-15-17-19-26)39(52-53(10)11)21-27(41-42-40)23(4)30(36(39,7)8)31(48-24(5)43)33(45)37(28,32)9/h15-19,27-29,31-32,34H,12-14,20-22H2,1-11H3/t27-,28-,29+,31+,32-,34-,37+,38-,39+/m0/s1. The Hall–Kier alpha value is -3.34. The van der Waals surface area contributed by atoms with Crippen molar-refractivity contribution in [3.8, 4) is 0 Å². The van der Waals surface area contributed by atoms with E-state index in [9.17, 15) is 19.9 Å². The van der Waals surface area contributed by atoms with E-state index in [4.69, 9.17) is 27.8 Å². The van der Waals surface area contributed by atoms with Crippen LogP contribution < -0.4 is 0 Å². The monoisotopic (exact) mass is 782 g/mol. The molecular formula is C39H56N3O10Si2. The predicted octanol–water partition coefficient (Wildman–Crippen LogP) is 7.28. The minimum Gasteiger partial charge on any atom is -0.455 e. The summed E-state index contributed by atoms with van der Waals surface area (Å²) < 4.78 is 40.3. The molecular weight excluding hydrogens is 727 g/mol. The van der Waals surface area contributed by atoms with Gasteiger partial charge in [-0.3, -0.25) is 14.4 Å². The molecule has 2 bridgehead atoms. The Balaban J connectivity index is 1.98. The van der Waals surface area contributed by atoms with Gasteiger partial charge in [0.2, 0.25) is 9.04 Å².